The lowest BCUT2D eigenvalue weighted by Crippen LogP contribution is -1.98. The lowest BCUT2D eigenvalue weighted by Gasteiger charge is -2.09. The molecule has 2 rings (SSSR count). The maximum atomic E-state index is 4.76. The molecular weight excluding hydrogens is 218 g/mol. The fourth-order valence-corrected chi connectivity index (χ4v) is 1.96. The van der Waals surface area contributed by atoms with Gasteiger partial charge in [0.25, 0.3) is 0 Å². The Labute approximate surface area is 109 Å². The lowest BCUT2D eigenvalue weighted by atomic mass is 10.1. The van der Waals surface area contributed by atoms with Crippen molar-refractivity contribution in [1.29, 1.82) is 0 Å². The molecule has 0 spiro atoms. The van der Waals surface area contributed by atoms with Crippen LogP contribution in [0.4, 0.5) is 0 Å². The molecular formula is C17H19N. The van der Waals surface area contributed by atoms with Crippen molar-refractivity contribution >= 4 is 5.71 Å². The largest absolute Gasteiger partial charge is 0.282 e. The summed E-state index contributed by atoms with van der Waals surface area (Å²) in [4.78, 5) is 4.76. The predicted octanol–water partition coefficient (Wildman–Crippen LogP) is 4.57. The molecule has 0 N–H and O–H groups in total. The molecule has 1 unspecified atom stereocenters. The van der Waals surface area contributed by atoms with Crippen LogP contribution in [0.3, 0.4) is 0 Å². The van der Waals surface area contributed by atoms with E-state index in [1.54, 1.807) is 0 Å². The minimum absolute atomic E-state index is 0.200. The van der Waals surface area contributed by atoms with Gasteiger partial charge in [-0.05, 0) is 31.9 Å². The minimum atomic E-state index is 0.200. The van der Waals surface area contributed by atoms with E-state index in [1.165, 1.54) is 16.7 Å². The number of hydrogen-bond acceptors (Lipinski definition) is 1. The van der Waals surface area contributed by atoms with E-state index in [1.807, 2.05) is 18.2 Å². The van der Waals surface area contributed by atoms with Gasteiger partial charge in [-0.1, -0.05) is 60.2 Å². The highest BCUT2D eigenvalue weighted by Gasteiger charge is 2.04. The summed E-state index contributed by atoms with van der Waals surface area (Å²) in [6.07, 6.45) is 0. The first-order valence-electron chi connectivity index (χ1n) is 6.33. The standard InChI is InChI=1S/C17H19N/c1-13-9-11-17(12-10-13)15(3)18-14(2)16-7-5-4-6-8-16/h4-12,15H,1-3H3. The van der Waals surface area contributed by atoms with Gasteiger partial charge in [-0.2, -0.15) is 0 Å². The van der Waals surface area contributed by atoms with Gasteiger partial charge < -0.3 is 0 Å². The van der Waals surface area contributed by atoms with E-state index in [4.69, 9.17) is 4.99 Å². The van der Waals surface area contributed by atoms with Crippen molar-refractivity contribution in [3.63, 3.8) is 0 Å². The van der Waals surface area contributed by atoms with Gasteiger partial charge in [0.05, 0.1) is 6.04 Å². The normalized spacial score (nSPS) is 13.4. The molecule has 2 aromatic rings. The summed E-state index contributed by atoms with van der Waals surface area (Å²) in [6.45, 7) is 6.31. The van der Waals surface area contributed by atoms with Crippen LogP contribution in [-0.4, -0.2) is 5.71 Å². The number of rotatable bonds is 3. The second-order valence-corrected chi connectivity index (χ2v) is 4.67. The highest BCUT2D eigenvalue weighted by Crippen LogP contribution is 2.18. The number of aliphatic imine (C=N–C) groups is 1. The van der Waals surface area contributed by atoms with Crippen molar-refractivity contribution in [3.05, 3.63) is 71.3 Å². The zero-order valence-corrected chi connectivity index (χ0v) is 11.2. The summed E-state index contributed by atoms with van der Waals surface area (Å²) >= 11 is 0. The van der Waals surface area contributed by atoms with Crippen LogP contribution >= 0.6 is 0 Å². The van der Waals surface area contributed by atoms with Crippen LogP contribution in [0.1, 0.15) is 36.6 Å². The number of aryl methyl sites for hydroxylation is 1. The minimum Gasteiger partial charge on any atom is -0.282 e. The third-order valence-electron chi connectivity index (χ3n) is 3.14. The Hall–Kier alpha value is -1.89. The van der Waals surface area contributed by atoms with E-state index in [-0.39, 0.29) is 6.04 Å². The molecule has 0 fully saturated rings. The number of nitrogens with zero attached hydrogens (tertiary/aromatic N) is 1. The first kappa shape index (κ1) is 12.6. The zero-order chi connectivity index (χ0) is 13.0. The lowest BCUT2D eigenvalue weighted by molar-refractivity contribution is 0.819. The molecule has 0 bridgehead atoms. The third kappa shape index (κ3) is 3.07. The van der Waals surface area contributed by atoms with E-state index in [2.05, 4.69) is 57.2 Å². The molecule has 0 aliphatic rings. The average Bonchev–Trinajstić information content (AvgIpc) is 2.40. The van der Waals surface area contributed by atoms with Crippen molar-refractivity contribution in [1.82, 2.24) is 0 Å². The molecule has 92 valence electrons. The fraction of sp³-hybridized carbons (Fsp3) is 0.235. The van der Waals surface area contributed by atoms with Crippen molar-refractivity contribution < 1.29 is 0 Å². The Balaban J connectivity index is 2.20. The molecule has 1 nitrogen and oxygen atoms in total. The van der Waals surface area contributed by atoms with Gasteiger partial charge in [0.1, 0.15) is 0 Å². The Morgan fingerprint density at radius 2 is 1.56 bits per heavy atom. The Morgan fingerprint density at radius 3 is 2.17 bits per heavy atom. The van der Waals surface area contributed by atoms with E-state index < -0.39 is 0 Å². The highest BCUT2D eigenvalue weighted by molar-refractivity contribution is 5.98. The molecule has 18 heavy (non-hydrogen) atoms. The van der Waals surface area contributed by atoms with Crippen LogP contribution in [0.25, 0.3) is 0 Å². The average molecular weight is 237 g/mol. The van der Waals surface area contributed by atoms with Crippen molar-refractivity contribution in [3.8, 4) is 0 Å². The molecule has 0 saturated carbocycles. The van der Waals surface area contributed by atoms with Gasteiger partial charge in [-0.25, -0.2) is 0 Å². The van der Waals surface area contributed by atoms with Crippen LogP contribution < -0.4 is 0 Å². The summed E-state index contributed by atoms with van der Waals surface area (Å²) < 4.78 is 0. The highest BCUT2D eigenvalue weighted by atomic mass is 14.8. The van der Waals surface area contributed by atoms with Crippen molar-refractivity contribution in [2.24, 2.45) is 4.99 Å². The number of benzene rings is 2. The van der Waals surface area contributed by atoms with Crippen LogP contribution in [-0.2, 0) is 0 Å². The molecule has 0 radical (unpaired) electrons. The maximum Gasteiger partial charge on any atom is 0.0724 e. The van der Waals surface area contributed by atoms with Gasteiger partial charge in [0.15, 0.2) is 0 Å². The molecule has 2 aromatic carbocycles. The Bertz CT molecular complexity index is 523. The van der Waals surface area contributed by atoms with Crippen LogP contribution in [0, 0.1) is 6.92 Å². The summed E-state index contributed by atoms with van der Waals surface area (Å²) in [6, 6.07) is 19.1. The summed E-state index contributed by atoms with van der Waals surface area (Å²) in [5.41, 5.74) is 4.82. The van der Waals surface area contributed by atoms with Crippen molar-refractivity contribution in [2.45, 2.75) is 26.8 Å². The fourth-order valence-electron chi connectivity index (χ4n) is 1.96. The van der Waals surface area contributed by atoms with E-state index in [0.29, 0.717) is 0 Å². The van der Waals surface area contributed by atoms with Gasteiger partial charge in [-0.15, -0.1) is 0 Å². The summed E-state index contributed by atoms with van der Waals surface area (Å²) in [5, 5.41) is 0. The van der Waals surface area contributed by atoms with Crippen molar-refractivity contribution in [2.75, 3.05) is 0 Å². The quantitative estimate of drug-likeness (QED) is 0.694. The van der Waals surface area contributed by atoms with Gasteiger partial charge >= 0.3 is 0 Å². The molecule has 0 aliphatic heterocycles. The SMILES string of the molecule is CC(=NC(C)c1ccc(C)cc1)c1ccccc1. The second kappa shape index (κ2) is 5.63. The monoisotopic (exact) mass is 237 g/mol. The Morgan fingerprint density at radius 1 is 0.944 bits per heavy atom. The third-order valence-corrected chi connectivity index (χ3v) is 3.14. The first-order chi connectivity index (χ1) is 8.66. The maximum absolute atomic E-state index is 4.76. The zero-order valence-electron chi connectivity index (χ0n) is 11.2. The van der Waals surface area contributed by atoms with Gasteiger partial charge in [-0.3, -0.25) is 4.99 Å². The molecule has 0 amide bonds. The van der Waals surface area contributed by atoms with Crippen LogP contribution in [0.15, 0.2) is 59.6 Å². The van der Waals surface area contributed by atoms with E-state index in [0.717, 1.165) is 5.71 Å². The molecule has 0 aliphatic carbocycles. The summed E-state index contributed by atoms with van der Waals surface area (Å²) in [5.74, 6) is 0. The molecule has 1 atom stereocenters. The molecule has 0 aromatic heterocycles. The predicted molar refractivity (Wildman–Crippen MR) is 78.2 cm³/mol. The van der Waals surface area contributed by atoms with Crippen LogP contribution in [0.2, 0.25) is 0 Å². The van der Waals surface area contributed by atoms with Gasteiger partial charge in [0.2, 0.25) is 0 Å². The second-order valence-electron chi connectivity index (χ2n) is 4.67. The smallest absolute Gasteiger partial charge is 0.0724 e. The van der Waals surface area contributed by atoms with Gasteiger partial charge in [0, 0.05) is 5.71 Å². The molecule has 0 saturated heterocycles. The topological polar surface area (TPSA) is 12.4 Å². The summed E-state index contributed by atoms with van der Waals surface area (Å²) in [7, 11) is 0. The van der Waals surface area contributed by atoms with E-state index in [9.17, 15) is 0 Å². The van der Waals surface area contributed by atoms with Crippen LogP contribution in [0.5, 0.6) is 0 Å². The van der Waals surface area contributed by atoms with E-state index >= 15 is 0 Å². The molecule has 0 heterocycles. The number of hydrogen-bond donors (Lipinski definition) is 0. The molecule has 1 heteroatoms. The first-order valence-corrected chi connectivity index (χ1v) is 6.33. The Kier molecular flexibility index (Phi) is 3.93.